The highest BCUT2D eigenvalue weighted by Crippen LogP contribution is 2.19. The van der Waals surface area contributed by atoms with Crippen LogP contribution >= 0.6 is 11.6 Å². The van der Waals surface area contributed by atoms with Crippen molar-refractivity contribution in [2.45, 2.75) is 39.6 Å². The molecule has 2 aromatic rings. The minimum atomic E-state index is 0.0405. The minimum Gasteiger partial charge on any atom is -0.356 e. The molecule has 1 N–H and O–H groups in total. The standard InChI is InChI=1S/C15H21ClN4O/c1-10(2)9-18-13(21)5-7-20-12(8-16)19-14-11(3)4-6-17-15(14)20/h4,6,10H,5,7-9H2,1-3H3,(H,18,21). The molecule has 6 heteroatoms. The van der Waals surface area contributed by atoms with Gasteiger partial charge in [0.1, 0.15) is 11.3 Å². The first kappa shape index (κ1) is 15.8. The van der Waals surface area contributed by atoms with Crippen molar-refractivity contribution in [3.8, 4) is 0 Å². The number of halogens is 1. The van der Waals surface area contributed by atoms with E-state index < -0.39 is 0 Å². The first-order chi connectivity index (χ1) is 10.0. The minimum absolute atomic E-state index is 0.0405. The molecule has 0 spiro atoms. The number of hydrogen-bond donors (Lipinski definition) is 1. The third-order valence-electron chi connectivity index (χ3n) is 3.30. The molecule has 0 aromatic carbocycles. The van der Waals surface area contributed by atoms with Crippen LogP contribution in [0, 0.1) is 12.8 Å². The van der Waals surface area contributed by atoms with Gasteiger partial charge in [-0.25, -0.2) is 9.97 Å². The SMILES string of the molecule is Cc1ccnc2c1nc(CCl)n2CCC(=O)NCC(C)C. The maximum absolute atomic E-state index is 11.8. The van der Waals surface area contributed by atoms with Gasteiger partial charge >= 0.3 is 0 Å². The number of carbonyl (C=O) groups excluding carboxylic acids is 1. The van der Waals surface area contributed by atoms with E-state index in [4.69, 9.17) is 11.6 Å². The number of aromatic nitrogens is 3. The van der Waals surface area contributed by atoms with Crippen LogP contribution in [0.4, 0.5) is 0 Å². The van der Waals surface area contributed by atoms with Gasteiger partial charge in [0.05, 0.1) is 5.88 Å². The Labute approximate surface area is 129 Å². The van der Waals surface area contributed by atoms with Crippen molar-refractivity contribution < 1.29 is 4.79 Å². The first-order valence-corrected chi connectivity index (χ1v) is 7.69. The normalized spacial score (nSPS) is 11.3. The lowest BCUT2D eigenvalue weighted by molar-refractivity contribution is -0.121. The molecule has 5 nitrogen and oxygen atoms in total. The van der Waals surface area contributed by atoms with Gasteiger partial charge in [-0.2, -0.15) is 0 Å². The summed E-state index contributed by atoms with van der Waals surface area (Å²) >= 11 is 5.96. The van der Waals surface area contributed by atoms with Gasteiger partial charge in [-0.1, -0.05) is 13.8 Å². The van der Waals surface area contributed by atoms with E-state index in [1.165, 1.54) is 0 Å². The molecule has 0 aliphatic rings. The summed E-state index contributed by atoms with van der Waals surface area (Å²) in [5.41, 5.74) is 2.72. The fourth-order valence-electron chi connectivity index (χ4n) is 2.14. The predicted octanol–water partition coefficient (Wildman–Crippen LogP) is 2.64. The van der Waals surface area contributed by atoms with Gasteiger partial charge in [0.2, 0.25) is 5.91 Å². The number of hydrogen-bond acceptors (Lipinski definition) is 3. The second-order valence-corrected chi connectivity index (χ2v) is 5.83. The average molecular weight is 309 g/mol. The molecule has 114 valence electrons. The van der Waals surface area contributed by atoms with Crippen LogP contribution < -0.4 is 5.32 Å². The molecule has 2 rings (SSSR count). The molecule has 0 fully saturated rings. The topological polar surface area (TPSA) is 59.8 Å². The number of nitrogens with zero attached hydrogens (tertiary/aromatic N) is 3. The van der Waals surface area contributed by atoms with Crippen LogP contribution in [0.2, 0.25) is 0 Å². The van der Waals surface area contributed by atoms with Gasteiger partial charge in [0, 0.05) is 25.7 Å². The lowest BCUT2D eigenvalue weighted by Gasteiger charge is -2.09. The van der Waals surface area contributed by atoms with Crippen molar-refractivity contribution >= 4 is 28.7 Å². The van der Waals surface area contributed by atoms with E-state index in [0.717, 1.165) is 22.6 Å². The Balaban J connectivity index is 2.14. The summed E-state index contributed by atoms with van der Waals surface area (Å²) in [6.45, 7) is 7.38. The Kier molecular flexibility index (Phi) is 5.17. The Morgan fingerprint density at radius 3 is 2.90 bits per heavy atom. The zero-order valence-electron chi connectivity index (χ0n) is 12.7. The number of aryl methyl sites for hydroxylation is 2. The largest absolute Gasteiger partial charge is 0.356 e. The third-order valence-corrected chi connectivity index (χ3v) is 3.54. The summed E-state index contributed by atoms with van der Waals surface area (Å²) in [7, 11) is 0. The Bertz CT molecular complexity index is 636. The van der Waals surface area contributed by atoms with Crippen LogP contribution in [0.15, 0.2) is 12.3 Å². The van der Waals surface area contributed by atoms with Crippen molar-refractivity contribution in [1.82, 2.24) is 19.9 Å². The maximum atomic E-state index is 11.8. The number of pyridine rings is 1. The molecule has 0 aliphatic carbocycles. The molecule has 0 aliphatic heterocycles. The highest BCUT2D eigenvalue weighted by atomic mass is 35.5. The molecule has 0 saturated carbocycles. The van der Waals surface area contributed by atoms with Crippen molar-refractivity contribution in [3.05, 3.63) is 23.7 Å². The zero-order chi connectivity index (χ0) is 15.4. The van der Waals surface area contributed by atoms with E-state index in [1.54, 1.807) is 6.20 Å². The molecule has 0 bridgehead atoms. The second kappa shape index (κ2) is 6.89. The summed E-state index contributed by atoms with van der Waals surface area (Å²) < 4.78 is 1.93. The van der Waals surface area contributed by atoms with Gasteiger partial charge < -0.3 is 9.88 Å². The molecule has 0 saturated heterocycles. The number of alkyl halides is 1. The van der Waals surface area contributed by atoms with E-state index in [9.17, 15) is 4.79 Å². The summed E-state index contributed by atoms with van der Waals surface area (Å²) in [4.78, 5) is 20.7. The van der Waals surface area contributed by atoms with Crippen LogP contribution in [0.3, 0.4) is 0 Å². The van der Waals surface area contributed by atoms with Gasteiger partial charge in [-0.15, -0.1) is 11.6 Å². The zero-order valence-corrected chi connectivity index (χ0v) is 13.4. The summed E-state index contributed by atoms with van der Waals surface area (Å²) in [6.07, 6.45) is 2.16. The fourth-order valence-corrected chi connectivity index (χ4v) is 2.34. The molecule has 21 heavy (non-hydrogen) atoms. The van der Waals surface area contributed by atoms with E-state index in [2.05, 4.69) is 29.1 Å². The van der Waals surface area contributed by atoms with Crippen molar-refractivity contribution in [3.63, 3.8) is 0 Å². The number of carbonyl (C=O) groups is 1. The summed E-state index contributed by atoms with van der Waals surface area (Å²) in [6, 6.07) is 1.92. The lowest BCUT2D eigenvalue weighted by atomic mass is 10.2. The highest BCUT2D eigenvalue weighted by molar-refractivity contribution is 6.16. The summed E-state index contributed by atoms with van der Waals surface area (Å²) in [5, 5.41) is 2.92. The van der Waals surface area contributed by atoms with Gasteiger partial charge in [0.25, 0.3) is 0 Å². The molecule has 0 atom stereocenters. The average Bonchev–Trinajstić information content (AvgIpc) is 2.82. The molecule has 0 radical (unpaired) electrons. The second-order valence-electron chi connectivity index (χ2n) is 5.56. The number of fused-ring (bicyclic) bond motifs is 1. The Morgan fingerprint density at radius 1 is 1.48 bits per heavy atom. The van der Waals surface area contributed by atoms with Gasteiger partial charge in [-0.3, -0.25) is 4.79 Å². The molecule has 1 amide bonds. The predicted molar refractivity (Wildman–Crippen MR) is 84.3 cm³/mol. The van der Waals surface area contributed by atoms with Crippen molar-refractivity contribution in [2.75, 3.05) is 6.54 Å². The fraction of sp³-hybridized carbons (Fsp3) is 0.533. The first-order valence-electron chi connectivity index (χ1n) is 7.16. The highest BCUT2D eigenvalue weighted by Gasteiger charge is 2.13. The Hall–Kier alpha value is -1.62. The molecule has 2 aromatic heterocycles. The van der Waals surface area contributed by atoms with E-state index in [1.807, 2.05) is 17.6 Å². The van der Waals surface area contributed by atoms with E-state index in [-0.39, 0.29) is 5.91 Å². The number of rotatable bonds is 6. The van der Waals surface area contributed by atoms with Crippen LogP contribution in [0.5, 0.6) is 0 Å². The number of imidazole rings is 1. The van der Waals surface area contributed by atoms with Crippen LogP contribution in [0.1, 0.15) is 31.7 Å². The maximum Gasteiger partial charge on any atom is 0.221 e. The van der Waals surface area contributed by atoms with Crippen LogP contribution in [-0.2, 0) is 17.2 Å². The number of amides is 1. The van der Waals surface area contributed by atoms with Crippen molar-refractivity contribution in [1.29, 1.82) is 0 Å². The van der Waals surface area contributed by atoms with Gasteiger partial charge in [-0.05, 0) is 24.5 Å². The van der Waals surface area contributed by atoms with Gasteiger partial charge in [0.15, 0.2) is 5.65 Å². The third kappa shape index (κ3) is 3.73. The smallest absolute Gasteiger partial charge is 0.221 e. The lowest BCUT2D eigenvalue weighted by Crippen LogP contribution is -2.28. The molecular weight excluding hydrogens is 288 g/mol. The molecule has 0 unspecified atom stereocenters. The molecular formula is C15H21ClN4O. The Morgan fingerprint density at radius 2 is 2.24 bits per heavy atom. The monoisotopic (exact) mass is 308 g/mol. The quantitative estimate of drug-likeness (QED) is 0.835. The van der Waals surface area contributed by atoms with E-state index >= 15 is 0 Å². The van der Waals surface area contributed by atoms with Crippen LogP contribution in [0.25, 0.3) is 11.2 Å². The van der Waals surface area contributed by atoms with E-state index in [0.29, 0.717) is 31.3 Å². The number of nitrogens with one attached hydrogen (secondary N) is 1. The molecule has 2 heterocycles. The van der Waals surface area contributed by atoms with Crippen molar-refractivity contribution in [2.24, 2.45) is 5.92 Å². The van der Waals surface area contributed by atoms with Crippen LogP contribution in [-0.4, -0.2) is 27.0 Å². The summed E-state index contributed by atoms with van der Waals surface area (Å²) in [5.74, 6) is 1.55.